The van der Waals surface area contributed by atoms with Crippen LogP contribution in [-0.4, -0.2) is 83.8 Å². The van der Waals surface area contributed by atoms with Crippen molar-refractivity contribution in [2.45, 2.75) is 57.9 Å². The Kier molecular flexibility index (Phi) is 8.42. The summed E-state index contributed by atoms with van der Waals surface area (Å²) in [6.45, 7) is 9.66. The predicted molar refractivity (Wildman–Crippen MR) is 163 cm³/mol. The first kappa shape index (κ1) is 28.6. The number of nitrogens with zero attached hydrogens (tertiary/aromatic N) is 2. The minimum Gasteiger partial charge on any atom is -0.493 e. The number of H-pyrrole nitrogens is 1. The average molecular weight is 575 g/mol. The molecule has 9 heteroatoms. The van der Waals surface area contributed by atoms with Crippen molar-refractivity contribution in [3.63, 3.8) is 0 Å². The largest absolute Gasteiger partial charge is 0.493 e. The predicted octanol–water partition coefficient (Wildman–Crippen LogP) is 4.79. The van der Waals surface area contributed by atoms with Crippen molar-refractivity contribution in [1.82, 2.24) is 20.1 Å². The second kappa shape index (κ2) is 12.4. The maximum atomic E-state index is 13.2. The Morgan fingerprint density at radius 2 is 1.90 bits per heavy atom. The third-order valence-corrected chi connectivity index (χ3v) is 9.08. The quantitative estimate of drug-likeness (QED) is 0.264. The van der Waals surface area contributed by atoms with Crippen LogP contribution in [0.5, 0.6) is 11.5 Å². The van der Waals surface area contributed by atoms with Crippen molar-refractivity contribution < 1.29 is 23.8 Å². The number of fused-ring (bicyclic) bond motifs is 2. The summed E-state index contributed by atoms with van der Waals surface area (Å²) in [6.07, 6.45) is 4.27. The second-order valence-corrected chi connectivity index (χ2v) is 12.0. The molecule has 2 aromatic heterocycles. The fraction of sp³-hybridized carbons (Fsp3) is 0.485. The number of hydrogen-bond acceptors (Lipinski definition) is 7. The van der Waals surface area contributed by atoms with Gasteiger partial charge in [-0.1, -0.05) is 25.1 Å². The van der Waals surface area contributed by atoms with E-state index in [1.807, 2.05) is 42.5 Å². The van der Waals surface area contributed by atoms with Crippen LogP contribution < -0.4 is 14.8 Å². The molecule has 3 N–H and O–H groups in total. The Balaban J connectivity index is 1.03. The van der Waals surface area contributed by atoms with E-state index in [2.05, 4.69) is 33.9 Å². The summed E-state index contributed by atoms with van der Waals surface area (Å²) in [5.74, 6) is 1.64. The van der Waals surface area contributed by atoms with Crippen LogP contribution in [0.4, 0.5) is 0 Å². The fourth-order valence-corrected chi connectivity index (χ4v) is 6.47. The molecule has 2 fully saturated rings. The Hall–Kier alpha value is -3.53. The number of benzene rings is 2. The van der Waals surface area contributed by atoms with Crippen LogP contribution in [0.2, 0.25) is 0 Å². The summed E-state index contributed by atoms with van der Waals surface area (Å²) in [5, 5.41) is 15.1. The van der Waals surface area contributed by atoms with Gasteiger partial charge >= 0.3 is 0 Å². The number of methoxy groups -OCH3 is 1. The standard InChI is InChI=1S/C33H42N4O5/c1-21-17-37(15-12-29(21)38)22(2)18-36-13-10-24(11-14-36)34-33(39)28-16-26-27(35-28)7-5-8-30(26)41-19-23-20-42-32-25(23)6-4-9-31(32)40-3/h4-9,16,20-22,24,29,35,38H,10-15,17-19H2,1-3H3,(H,34,39)/t21?,22?,29-/m0/s1. The lowest BCUT2D eigenvalue weighted by Crippen LogP contribution is -2.52. The molecule has 2 aliphatic rings. The number of carbonyl (C=O) groups excluding carboxylic acids is 1. The highest BCUT2D eigenvalue weighted by molar-refractivity contribution is 5.99. The number of piperidine rings is 2. The van der Waals surface area contributed by atoms with E-state index in [1.165, 1.54) is 0 Å². The van der Waals surface area contributed by atoms with Gasteiger partial charge in [0, 0.05) is 66.7 Å². The van der Waals surface area contributed by atoms with E-state index in [1.54, 1.807) is 13.4 Å². The molecule has 9 nitrogen and oxygen atoms in total. The molecule has 4 heterocycles. The molecule has 2 aromatic carbocycles. The number of aliphatic hydroxyl groups excluding tert-OH is 1. The van der Waals surface area contributed by atoms with E-state index in [4.69, 9.17) is 13.9 Å². The third kappa shape index (κ3) is 6.00. The Labute approximate surface area is 246 Å². The van der Waals surface area contributed by atoms with Crippen LogP contribution >= 0.6 is 0 Å². The molecule has 2 saturated heterocycles. The molecule has 1 amide bonds. The third-order valence-electron chi connectivity index (χ3n) is 9.08. The summed E-state index contributed by atoms with van der Waals surface area (Å²) in [6, 6.07) is 14.1. The highest BCUT2D eigenvalue weighted by Gasteiger charge is 2.29. The molecule has 0 radical (unpaired) electrons. The molecule has 42 heavy (non-hydrogen) atoms. The van der Waals surface area contributed by atoms with Gasteiger partial charge in [0.2, 0.25) is 0 Å². The van der Waals surface area contributed by atoms with Crippen molar-refractivity contribution in [3.05, 3.63) is 60.0 Å². The molecule has 224 valence electrons. The highest BCUT2D eigenvalue weighted by atomic mass is 16.5. The molecule has 6 rings (SSSR count). The van der Waals surface area contributed by atoms with E-state index < -0.39 is 0 Å². The van der Waals surface area contributed by atoms with Crippen LogP contribution in [0.15, 0.2) is 53.1 Å². The minimum absolute atomic E-state index is 0.0854. The lowest BCUT2D eigenvalue weighted by molar-refractivity contribution is 0.0115. The van der Waals surface area contributed by atoms with Gasteiger partial charge in [-0.2, -0.15) is 0 Å². The van der Waals surface area contributed by atoms with Gasteiger partial charge in [-0.15, -0.1) is 0 Å². The number of hydrogen-bond donors (Lipinski definition) is 3. The second-order valence-electron chi connectivity index (χ2n) is 12.0. The number of aromatic nitrogens is 1. The zero-order valence-electron chi connectivity index (χ0n) is 24.8. The molecule has 2 unspecified atom stereocenters. The molecule has 0 aliphatic carbocycles. The van der Waals surface area contributed by atoms with E-state index in [-0.39, 0.29) is 18.1 Å². The van der Waals surface area contributed by atoms with Crippen LogP contribution in [-0.2, 0) is 6.61 Å². The number of furan rings is 1. The Bertz CT molecular complexity index is 1520. The van der Waals surface area contributed by atoms with E-state index in [0.717, 1.165) is 73.8 Å². The smallest absolute Gasteiger partial charge is 0.267 e. The Morgan fingerprint density at radius 1 is 1.12 bits per heavy atom. The number of rotatable bonds is 9. The van der Waals surface area contributed by atoms with Crippen LogP contribution in [0.1, 0.15) is 49.2 Å². The molecule has 0 bridgehead atoms. The van der Waals surface area contributed by atoms with Gasteiger partial charge in [-0.25, -0.2) is 0 Å². The molecule has 3 atom stereocenters. The summed E-state index contributed by atoms with van der Waals surface area (Å²) in [7, 11) is 1.63. The number of carbonyl (C=O) groups is 1. The number of likely N-dealkylation sites (tertiary alicyclic amines) is 2. The highest BCUT2D eigenvalue weighted by Crippen LogP contribution is 2.32. The molecular weight excluding hydrogens is 532 g/mol. The molecule has 4 aromatic rings. The van der Waals surface area contributed by atoms with Gasteiger partial charge in [-0.3, -0.25) is 9.69 Å². The normalized spacial score (nSPS) is 21.5. The lowest BCUT2D eigenvalue weighted by Gasteiger charge is -2.41. The number of ether oxygens (including phenoxy) is 2. The zero-order valence-corrected chi connectivity index (χ0v) is 24.8. The molecule has 0 saturated carbocycles. The van der Waals surface area contributed by atoms with Gasteiger partial charge in [0.15, 0.2) is 11.3 Å². The van der Waals surface area contributed by atoms with E-state index in [9.17, 15) is 9.90 Å². The fourth-order valence-electron chi connectivity index (χ4n) is 6.47. The van der Waals surface area contributed by atoms with Gasteiger partial charge in [-0.05, 0) is 56.4 Å². The molecular formula is C33H42N4O5. The summed E-state index contributed by atoms with van der Waals surface area (Å²) in [4.78, 5) is 21.5. The SMILES string of the molecule is COc1cccc2c(COc3cccc4[nH]c(C(=O)NC5CCN(CC(C)N6CC[C@H](O)C(C)C6)CC5)cc34)coc12. The first-order valence-corrected chi connectivity index (χ1v) is 15.1. The molecule has 2 aliphatic heterocycles. The van der Waals surface area contributed by atoms with Crippen LogP contribution in [0, 0.1) is 5.92 Å². The maximum absolute atomic E-state index is 13.2. The average Bonchev–Trinajstić information content (AvgIpc) is 3.63. The summed E-state index contributed by atoms with van der Waals surface area (Å²) in [5.41, 5.74) is 3.03. The monoisotopic (exact) mass is 574 g/mol. The minimum atomic E-state index is -0.169. The van der Waals surface area contributed by atoms with Gasteiger partial charge in [0.1, 0.15) is 18.1 Å². The van der Waals surface area contributed by atoms with Crippen LogP contribution in [0.25, 0.3) is 21.9 Å². The van der Waals surface area contributed by atoms with Crippen molar-refractivity contribution in [3.8, 4) is 11.5 Å². The zero-order chi connectivity index (χ0) is 29.2. The van der Waals surface area contributed by atoms with Crippen molar-refractivity contribution in [2.24, 2.45) is 5.92 Å². The first-order chi connectivity index (χ1) is 20.4. The van der Waals surface area contributed by atoms with Crippen molar-refractivity contribution in [1.29, 1.82) is 0 Å². The van der Waals surface area contributed by atoms with Gasteiger partial charge in [0.05, 0.1) is 19.5 Å². The van der Waals surface area contributed by atoms with Crippen molar-refractivity contribution in [2.75, 3.05) is 39.8 Å². The van der Waals surface area contributed by atoms with E-state index in [0.29, 0.717) is 41.3 Å². The Morgan fingerprint density at radius 3 is 2.69 bits per heavy atom. The van der Waals surface area contributed by atoms with Gasteiger partial charge < -0.3 is 34.2 Å². The first-order valence-electron chi connectivity index (χ1n) is 15.1. The number of amides is 1. The number of aromatic amines is 1. The molecule has 0 spiro atoms. The summed E-state index contributed by atoms with van der Waals surface area (Å²) < 4.78 is 17.4. The lowest BCUT2D eigenvalue weighted by atomic mass is 9.95. The topological polar surface area (TPSA) is 103 Å². The number of para-hydroxylation sites is 1. The van der Waals surface area contributed by atoms with E-state index >= 15 is 0 Å². The van der Waals surface area contributed by atoms with Crippen LogP contribution in [0.3, 0.4) is 0 Å². The number of aliphatic hydroxyl groups is 1. The van der Waals surface area contributed by atoms with Crippen molar-refractivity contribution >= 4 is 27.8 Å². The van der Waals surface area contributed by atoms with Gasteiger partial charge in [0.25, 0.3) is 5.91 Å². The number of nitrogens with one attached hydrogen (secondary N) is 2. The maximum Gasteiger partial charge on any atom is 0.267 e. The summed E-state index contributed by atoms with van der Waals surface area (Å²) >= 11 is 0.